The number of unbranched alkanes of at least 4 members (excludes halogenated alkanes) is 12. The van der Waals surface area contributed by atoms with Crippen LogP contribution in [0.25, 0.3) is 0 Å². The molecule has 0 aliphatic heterocycles. The second-order valence-corrected chi connectivity index (χ2v) is 6.73. The van der Waals surface area contributed by atoms with Gasteiger partial charge < -0.3 is 9.84 Å². The molecule has 146 valence electrons. The van der Waals surface area contributed by atoms with E-state index in [4.69, 9.17) is 5.11 Å². The first-order valence-corrected chi connectivity index (χ1v) is 10.0. The Balaban J connectivity index is 3.28. The standard InChI is InChI=1S/C20H36O5/c1-2-3-4-5-6-7-8-9-10-11-12-13-14-15-19(23)25-20(24)17-16-18(21)22/h2-17H2,1H3,(H,21,22). The molecule has 0 heterocycles. The van der Waals surface area contributed by atoms with Crippen LogP contribution in [0, 0.1) is 0 Å². The Morgan fingerprint density at radius 3 is 1.44 bits per heavy atom. The summed E-state index contributed by atoms with van der Waals surface area (Å²) in [6, 6.07) is 0. The molecule has 0 unspecified atom stereocenters. The molecule has 0 rings (SSSR count). The van der Waals surface area contributed by atoms with Gasteiger partial charge in [-0.05, 0) is 6.42 Å². The van der Waals surface area contributed by atoms with E-state index in [1.807, 2.05) is 0 Å². The Kier molecular flexibility index (Phi) is 16.5. The molecule has 5 nitrogen and oxygen atoms in total. The van der Waals surface area contributed by atoms with Crippen molar-refractivity contribution in [1.82, 2.24) is 0 Å². The number of hydrogen-bond donors (Lipinski definition) is 1. The smallest absolute Gasteiger partial charge is 0.314 e. The quantitative estimate of drug-likeness (QED) is 0.214. The second-order valence-electron chi connectivity index (χ2n) is 6.73. The molecule has 0 aromatic carbocycles. The highest BCUT2D eigenvalue weighted by Crippen LogP contribution is 2.13. The van der Waals surface area contributed by atoms with Crippen LogP contribution in [0.1, 0.15) is 110 Å². The largest absolute Gasteiger partial charge is 0.481 e. The molecule has 0 aliphatic rings. The van der Waals surface area contributed by atoms with Crippen molar-refractivity contribution in [3.63, 3.8) is 0 Å². The Bertz CT molecular complexity index is 365. The molecule has 5 heteroatoms. The average molecular weight is 357 g/mol. The van der Waals surface area contributed by atoms with Crippen LogP contribution in [-0.4, -0.2) is 23.0 Å². The third-order valence-electron chi connectivity index (χ3n) is 4.26. The van der Waals surface area contributed by atoms with Crippen LogP contribution < -0.4 is 0 Å². The molecule has 0 radical (unpaired) electrons. The topological polar surface area (TPSA) is 80.7 Å². The minimum atomic E-state index is -1.07. The third kappa shape index (κ3) is 18.8. The van der Waals surface area contributed by atoms with Gasteiger partial charge in [0.1, 0.15) is 0 Å². The number of carbonyl (C=O) groups is 3. The molecular weight excluding hydrogens is 320 g/mol. The molecule has 1 N–H and O–H groups in total. The summed E-state index contributed by atoms with van der Waals surface area (Å²) >= 11 is 0. The number of carbonyl (C=O) groups excluding carboxylic acids is 2. The maximum Gasteiger partial charge on any atom is 0.314 e. The Labute approximate surface area is 152 Å². The summed E-state index contributed by atoms with van der Waals surface area (Å²) in [5.74, 6) is -2.36. The van der Waals surface area contributed by atoms with E-state index < -0.39 is 17.9 Å². The SMILES string of the molecule is CCCCCCCCCCCCCCCC(=O)OC(=O)CCC(=O)O. The summed E-state index contributed by atoms with van der Waals surface area (Å²) in [6.45, 7) is 2.24. The molecule has 0 spiro atoms. The predicted molar refractivity (Wildman–Crippen MR) is 98.3 cm³/mol. The van der Waals surface area contributed by atoms with Gasteiger partial charge in [-0.2, -0.15) is 0 Å². The van der Waals surface area contributed by atoms with Crippen LogP contribution in [0.2, 0.25) is 0 Å². The summed E-state index contributed by atoms with van der Waals surface area (Å²) in [5.41, 5.74) is 0. The molecule has 0 aliphatic carbocycles. The molecule has 0 saturated heterocycles. The normalized spacial score (nSPS) is 10.6. The molecule has 0 aromatic heterocycles. The van der Waals surface area contributed by atoms with E-state index in [9.17, 15) is 14.4 Å². The highest BCUT2D eigenvalue weighted by Gasteiger charge is 2.11. The summed E-state index contributed by atoms with van der Waals surface area (Å²) in [6.07, 6.45) is 15.7. The van der Waals surface area contributed by atoms with E-state index >= 15 is 0 Å². The van der Waals surface area contributed by atoms with E-state index in [1.54, 1.807) is 0 Å². The van der Waals surface area contributed by atoms with Gasteiger partial charge in [-0.15, -0.1) is 0 Å². The van der Waals surface area contributed by atoms with Crippen molar-refractivity contribution in [3.05, 3.63) is 0 Å². The highest BCUT2D eigenvalue weighted by atomic mass is 16.6. The summed E-state index contributed by atoms with van der Waals surface area (Å²) < 4.78 is 4.57. The predicted octanol–water partition coefficient (Wildman–Crippen LogP) is 5.40. The number of carboxylic acids is 1. The first kappa shape index (κ1) is 23.6. The number of rotatable bonds is 17. The van der Waals surface area contributed by atoms with Crippen molar-refractivity contribution in [2.75, 3.05) is 0 Å². The van der Waals surface area contributed by atoms with Gasteiger partial charge >= 0.3 is 17.9 Å². The molecule has 0 amide bonds. The van der Waals surface area contributed by atoms with Gasteiger partial charge in [-0.3, -0.25) is 14.4 Å². The zero-order valence-corrected chi connectivity index (χ0v) is 15.9. The third-order valence-corrected chi connectivity index (χ3v) is 4.26. The van der Waals surface area contributed by atoms with E-state index in [2.05, 4.69) is 11.7 Å². The van der Waals surface area contributed by atoms with E-state index in [0.717, 1.165) is 19.3 Å². The maximum absolute atomic E-state index is 11.4. The van der Waals surface area contributed by atoms with Gasteiger partial charge in [-0.1, -0.05) is 84.0 Å². The Hall–Kier alpha value is -1.39. The van der Waals surface area contributed by atoms with Crippen LogP contribution in [0.5, 0.6) is 0 Å². The fraction of sp³-hybridized carbons (Fsp3) is 0.850. The minimum Gasteiger partial charge on any atom is -0.481 e. The van der Waals surface area contributed by atoms with Crippen LogP contribution in [0.3, 0.4) is 0 Å². The molecule has 0 fully saturated rings. The average Bonchev–Trinajstić information content (AvgIpc) is 2.57. The van der Waals surface area contributed by atoms with Crippen LogP contribution in [0.4, 0.5) is 0 Å². The molecule has 0 atom stereocenters. The van der Waals surface area contributed by atoms with Crippen molar-refractivity contribution in [1.29, 1.82) is 0 Å². The highest BCUT2D eigenvalue weighted by molar-refractivity contribution is 5.86. The van der Waals surface area contributed by atoms with Crippen molar-refractivity contribution in [2.24, 2.45) is 0 Å². The van der Waals surface area contributed by atoms with Gasteiger partial charge in [0.15, 0.2) is 0 Å². The molecule has 0 saturated carbocycles. The Morgan fingerprint density at radius 1 is 0.600 bits per heavy atom. The molecule has 0 aromatic rings. The van der Waals surface area contributed by atoms with Crippen molar-refractivity contribution < 1.29 is 24.2 Å². The van der Waals surface area contributed by atoms with Crippen molar-refractivity contribution >= 4 is 17.9 Å². The second kappa shape index (κ2) is 17.4. The zero-order chi connectivity index (χ0) is 18.8. The van der Waals surface area contributed by atoms with Crippen LogP contribution in [-0.2, 0) is 19.1 Å². The number of esters is 2. The van der Waals surface area contributed by atoms with Crippen molar-refractivity contribution in [3.8, 4) is 0 Å². The lowest BCUT2D eigenvalue weighted by Gasteiger charge is -2.04. The lowest BCUT2D eigenvalue weighted by molar-refractivity contribution is -0.161. The van der Waals surface area contributed by atoms with E-state index in [0.29, 0.717) is 0 Å². The minimum absolute atomic E-state index is 0.233. The molecule has 0 bridgehead atoms. The fourth-order valence-electron chi connectivity index (χ4n) is 2.73. The van der Waals surface area contributed by atoms with Crippen LogP contribution in [0.15, 0.2) is 0 Å². The fourth-order valence-corrected chi connectivity index (χ4v) is 2.73. The number of hydrogen-bond acceptors (Lipinski definition) is 4. The van der Waals surface area contributed by atoms with E-state index in [-0.39, 0.29) is 19.3 Å². The lowest BCUT2D eigenvalue weighted by Crippen LogP contribution is -2.13. The van der Waals surface area contributed by atoms with Gasteiger partial charge in [0.05, 0.1) is 12.8 Å². The zero-order valence-electron chi connectivity index (χ0n) is 15.9. The monoisotopic (exact) mass is 356 g/mol. The first-order valence-electron chi connectivity index (χ1n) is 10.0. The number of carboxylic acid groups (broad SMARTS) is 1. The van der Waals surface area contributed by atoms with Gasteiger partial charge in [0.2, 0.25) is 0 Å². The first-order chi connectivity index (χ1) is 12.1. The van der Waals surface area contributed by atoms with Crippen LogP contribution >= 0.6 is 0 Å². The van der Waals surface area contributed by atoms with Crippen molar-refractivity contribution in [2.45, 2.75) is 110 Å². The summed E-state index contributed by atoms with van der Waals surface area (Å²) in [4.78, 5) is 32.9. The van der Waals surface area contributed by atoms with Gasteiger partial charge in [0.25, 0.3) is 0 Å². The summed E-state index contributed by atoms with van der Waals surface area (Å²) in [5, 5.41) is 8.44. The Morgan fingerprint density at radius 2 is 1.00 bits per heavy atom. The molecule has 25 heavy (non-hydrogen) atoms. The maximum atomic E-state index is 11.4. The number of ether oxygens (including phenoxy) is 1. The van der Waals surface area contributed by atoms with Gasteiger partial charge in [0, 0.05) is 6.42 Å². The van der Waals surface area contributed by atoms with Gasteiger partial charge in [-0.25, -0.2) is 0 Å². The molecular formula is C20H36O5. The summed E-state index contributed by atoms with van der Waals surface area (Å²) in [7, 11) is 0. The number of aliphatic carboxylic acids is 1. The lowest BCUT2D eigenvalue weighted by atomic mass is 10.0. The van der Waals surface area contributed by atoms with E-state index in [1.165, 1.54) is 64.2 Å².